The molecule has 17 heteroatoms. The topological polar surface area (TPSA) is 227 Å². The summed E-state index contributed by atoms with van der Waals surface area (Å²) in [5.74, 6) is -4.52. The van der Waals surface area contributed by atoms with Crippen LogP contribution in [-0.2, 0) is 55.9 Å². The molecule has 0 aromatic heterocycles. The number of amides is 6. The molecule has 7 aromatic rings. The fourth-order valence-electron chi connectivity index (χ4n) is 9.21. The first-order valence-electron chi connectivity index (χ1n) is 27.4. The molecular formula is C66H71N7O8S2. The van der Waals surface area contributed by atoms with E-state index in [4.69, 9.17) is 10.5 Å². The number of hydrogen-bond acceptors (Lipinski definition) is 11. The SMILES string of the molecule is CC(C)(C)OC(=O)CNC(=O)C(Cc1ccccc1)NC(=O)C(CSC(c1ccccc1)(c1ccccc1)c1ccccc1)NC(=O)CNC(=O)C(Cc1ccccc1)NC(=O)CNC(=O)C(N)CSC(c1ccccc1)c1ccccc1. The Morgan fingerprint density at radius 2 is 0.795 bits per heavy atom. The zero-order chi connectivity index (χ0) is 59.0. The maximum Gasteiger partial charge on any atom is 0.325 e. The molecule has 83 heavy (non-hydrogen) atoms. The molecule has 0 aliphatic rings. The van der Waals surface area contributed by atoms with Gasteiger partial charge in [0.25, 0.3) is 0 Å². The quantitative estimate of drug-likeness (QED) is 0.0192. The Kier molecular flexibility index (Phi) is 23.2. The first-order chi connectivity index (χ1) is 40.1. The highest BCUT2D eigenvalue weighted by atomic mass is 32.2. The number of ether oxygens (including phenoxy) is 1. The van der Waals surface area contributed by atoms with Crippen molar-refractivity contribution >= 4 is 64.9 Å². The van der Waals surface area contributed by atoms with Crippen molar-refractivity contribution < 1.29 is 38.3 Å². The van der Waals surface area contributed by atoms with Crippen molar-refractivity contribution in [3.63, 3.8) is 0 Å². The molecule has 0 fully saturated rings. The third-order valence-corrected chi connectivity index (χ3v) is 16.2. The van der Waals surface area contributed by atoms with Crippen molar-refractivity contribution in [1.82, 2.24) is 31.9 Å². The third-order valence-electron chi connectivity index (χ3n) is 13.2. The molecule has 0 aliphatic heterocycles. The molecule has 0 bridgehead atoms. The molecule has 0 aliphatic carbocycles. The smallest absolute Gasteiger partial charge is 0.325 e. The first-order valence-corrected chi connectivity index (χ1v) is 29.4. The minimum absolute atomic E-state index is 0.0332. The Bertz CT molecular complexity index is 3060. The van der Waals surface area contributed by atoms with Gasteiger partial charge < -0.3 is 42.4 Å². The van der Waals surface area contributed by atoms with Crippen molar-refractivity contribution in [1.29, 1.82) is 0 Å². The summed E-state index contributed by atoms with van der Waals surface area (Å²) in [4.78, 5) is 97.1. The van der Waals surface area contributed by atoms with Gasteiger partial charge in [-0.3, -0.25) is 33.6 Å². The Morgan fingerprint density at radius 1 is 0.434 bits per heavy atom. The second kappa shape index (κ2) is 31.1. The second-order valence-electron chi connectivity index (χ2n) is 20.7. The monoisotopic (exact) mass is 1150 g/mol. The third kappa shape index (κ3) is 19.0. The highest BCUT2D eigenvalue weighted by Gasteiger charge is 2.39. The lowest BCUT2D eigenvalue weighted by atomic mass is 9.84. The van der Waals surface area contributed by atoms with Crippen LogP contribution in [0.3, 0.4) is 0 Å². The van der Waals surface area contributed by atoms with E-state index in [1.807, 2.05) is 164 Å². The Morgan fingerprint density at radius 3 is 1.22 bits per heavy atom. The van der Waals surface area contributed by atoms with E-state index in [1.165, 1.54) is 23.5 Å². The lowest BCUT2D eigenvalue weighted by molar-refractivity contribution is -0.154. The van der Waals surface area contributed by atoms with Crippen LogP contribution >= 0.6 is 23.5 Å². The van der Waals surface area contributed by atoms with Crippen LogP contribution in [0.15, 0.2) is 212 Å². The van der Waals surface area contributed by atoms with E-state index >= 15 is 0 Å². The molecule has 8 N–H and O–H groups in total. The number of nitrogens with two attached hydrogens (primary N) is 1. The van der Waals surface area contributed by atoms with Crippen LogP contribution in [0, 0.1) is 0 Å². The predicted octanol–water partition coefficient (Wildman–Crippen LogP) is 7.19. The minimum atomic E-state index is -1.33. The van der Waals surface area contributed by atoms with Crippen LogP contribution in [0.4, 0.5) is 0 Å². The van der Waals surface area contributed by atoms with Gasteiger partial charge in [-0.1, -0.05) is 212 Å². The van der Waals surface area contributed by atoms with Crippen LogP contribution in [0.5, 0.6) is 0 Å². The van der Waals surface area contributed by atoms with Crippen molar-refractivity contribution in [2.75, 3.05) is 31.1 Å². The molecule has 0 radical (unpaired) electrons. The zero-order valence-corrected chi connectivity index (χ0v) is 48.3. The summed E-state index contributed by atoms with van der Waals surface area (Å²) in [6, 6.07) is 62.5. The van der Waals surface area contributed by atoms with Crippen molar-refractivity contribution in [3.8, 4) is 0 Å². The highest BCUT2D eigenvalue weighted by molar-refractivity contribution is 8.00. The predicted molar refractivity (Wildman–Crippen MR) is 328 cm³/mol. The van der Waals surface area contributed by atoms with Crippen LogP contribution in [0.2, 0.25) is 0 Å². The summed E-state index contributed by atoms with van der Waals surface area (Å²) in [7, 11) is 0. The second-order valence-corrected chi connectivity index (χ2v) is 23.0. The van der Waals surface area contributed by atoms with Gasteiger partial charge in [-0.05, 0) is 59.7 Å². The van der Waals surface area contributed by atoms with Gasteiger partial charge in [-0.25, -0.2) is 0 Å². The number of hydrogen-bond donors (Lipinski definition) is 7. The van der Waals surface area contributed by atoms with Crippen molar-refractivity contribution in [3.05, 3.63) is 251 Å². The summed E-state index contributed by atoms with van der Waals surface area (Å²) in [6.07, 6.45) is 0.0675. The van der Waals surface area contributed by atoms with Gasteiger partial charge in [0.15, 0.2) is 0 Å². The molecule has 7 rings (SSSR count). The Labute approximate surface area is 494 Å². The van der Waals surface area contributed by atoms with Crippen molar-refractivity contribution in [2.45, 2.75) is 73.4 Å². The number of nitrogens with one attached hydrogen (secondary N) is 6. The van der Waals surface area contributed by atoms with Gasteiger partial charge in [0, 0.05) is 24.3 Å². The molecule has 0 saturated heterocycles. The summed E-state index contributed by atoms with van der Waals surface area (Å²) >= 11 is 2.91. The Balaban J connectivity index is 1.08. The minimum Gasteiger partial charge on any atom is -0.459 e. The van der Waals surface area contributed by atoms with E-state index in [0.29, 0.717) is 11.1 Å². The normalized spacial score (nSPS) is 12.8. The van der Waals surface area contributed by atoms with Crippen LogP contribution in [0.1, 0.15) is 65.0 Å². The van der Waals surface area contributed by atoms with Gasteiger partial charge >= 0.3 is 5.97 Å². The Hall–Kier alpha value is -8.51. The summed E-state index contributed by atoms with van der Waals surface area (Å²) in [5.41, 5.74) is 11.8. The van der Waals surface area contributed by atoms with E-state index in [-0.39, 0.29) is 29.6 Å². The summed E-state index contributed by atoms with van der Waals surface area (Å²) < 4.78 is 4.49. The number of carbonyl (C=O) groups is 7. The average Bonchev–Trinajstić information content (AvgIpc) is 3.66. The number of rotatable bonds is 28. The fraction of sp³-hybridized carbons (Fsp3) is 0.258. The van der Waals surface area contributed by atoms with E-state index < -0.39 is 95.6 Å². The lowest BCUT2D eigenvalue weighted by Gasteiger charge is -2.36. The molecule has 4 unspecified atom stereocenters. The van der Waals surface area contributed by atoms with E-state index in [9.17, 15) is 33.6 Å². The van der Waals surface area contributed by atoms with Gasteiger partial charge in [0.1, 0.15) is 30.3 Å². The number of carbonyl (C=O) groups excluding carboxylic acids is 7. The molecule has 15 nitrogen and oxygen atoms in total. The van der Waals surface area contributed by atoms with Crippen LogP contribution < -0.4 is 37.6 Å². The number of benzene rings is 7. The van der Waals surface area contributed by atoms with Gasteiger partial charge in [0.2, 0.25) is 35.4 Å². The zero-order valence-electron chi connectivity index (χ0n) is 46.7. The van der Waals surface area contributed by atoms with E-state index in [0.717, 1.165) is 27.8 Å². The van der Waals surface area contributed by atoms with E-state index in [2.05, 4.69) is 31.9 Å². The lowest BCUT2D eigenvalue weighted by Crippen LogP contribution is -2.57. The molecule has 0 spiro atoms. The van der Waals surface area contributed by atoms with Gasteiger partial charge in [-0.15, -0.1) is 23.5 Å². The van der Waals surface area contributed by atoms with Crippen LogP contribution in [-0.4, -0.2) is 102 Å². The standard InChI is InChI=1S/C66H71N7O8S2/c1-65(2,3)81-59(76)43-70-63(79)55(40-47-27-13-5-14-28-47)73-64(80)56(45-83-66(50-33-19-8-20-34-50,51-35-21-9-22-36-51)52-37-23-10-24-38-52)72-58(75)42-69-62(78)54(39-46-25-11-4-12-26-46)71-57(74)41-68-61(77)53(67)44-82-60(48-29-15-6-16-30-48)49-31-17-7-18-32-49/h4-38,53-56,60H,39-45,67H2,1-3H3,(H,68,77)(H,69,78)(H,70,79)(H,71,74)(H,72,75)(H,73,80). The number of esters is 1. The molecular weight excluding hydrogens is 1080 g/mol. The molecule has 4 atom stereocenters. The van der Waals surface area contributed by atoms with Gasteiger partial charge in [-0.2, -0.15) is 0 Å². The molecule has 6 amide bonds. The van der Waals surface area contributed by atoms with E-state index in [1.54, 1.807) is 69.3 Å². The largest absolute Gasteiger partial charge is 0.459 e. The van der Waals surface area contributed by atoms with Gasteiger partial charge in [0.05, 0.1) is 29.1 Å². The van der Waals surface area contributed by atoms with Crippen LogP contribution in [0.25, 0.3) is 0 Å². The van der Waals surface area contributed by atoms with Crippen molar-refractivity contribution in [2.24, 2.45) is 5.73 Å². The number of thioether (sulfide) groups is 2. The molecule has 0 heterocycles. The highest BCUT2D eigenvalue weighted by Crippen LogP contribution is 2.48. The maximum absolute atomic E-state index is 15.0. The summed E-state index contributed by atoms with van der Waals surface area (Å²) in [6.45, 7) is 3.58. The fourth-order valence-corrected chi connectivity index (χ4v) is 12.0. The molecule has 430 valence electrons. The molecule has 7 aromatic carbocycles. The first kappa shape index (κ1) is 62.1. The average molecular weight is 1150 g/mol. The summed E-state index contributed by atoms with van der Waals surface area (Å²) in [5, 5.41) is 16.2. The molecule has 0 saturated carbocycles. The maximum atomic E-state index is 15.0.